The van der Waals surface area contributed by atoms with Crippen LogP contribution < -0.4 is 0 Å². The van der Waals surface area contributed by atoms with Gasteiger partial charge in [0.15, 0.2) is 0 Å². The Labute approximate surface area is 107 Å². The zero-order chi connectivity index (χ0) is 13.9. The summed E-state index contributed by atoms with van der Waals surface area (Å²) in [6.45, 7) is 6.30. The van der Waals surface area contributed by atoms with Crippen molar-refractivity contribution in [2.45, 2.75) is 27.2 Å². The van der Waals surface area contributed by atoms with Crippen LogP contribution in [0.2, 0.25) is 0 Å². The van der Waals surface area contributed by atoms with Crippen molar-refractivity contribution in [1.82, 2.24) is 9.80 Å². The molecule has 0 spiro atoms. The lowest BCUT2D eigenvalue weighted by atomic mass is 9.92. The van der Waals surface area contributed by atoms with E-state index in [-0.39, 0.29) is 11.8 Å². The fourth-order valence-electron chi connectivity index (χ4n) is 1.92. The Balaban J connectivity index is 2.72. The molecule has 2 amide bonds. The average Bonchev–Trinajstić information content (AvgIpc) is 2.52. The van der Waals surface area contributed by atoms with Crippen LogP contribution in [0.5, 0.6) is 0 Å². The summed E-state index contributed by atoms with van der Waals surface area (Å²) in [6.07, 6.45) is 0.682. The Morgan fingerprint density at radius 2 is 1.50 bits per heavy atom. The molecule has 1 aliphatic heterocycles. The van der Waals surface area contributed by atoms with Gasteiger partial charge in [0.05, 0.1) is 0 Å². The van der Waals surface area contributed by atoms with Crippen molar-refractivity contribution >= 4 is 17.8 Å². The van der Waals surface area contributed by atoms with Crippen molar-refractivity contribution in [2.75, 3.05) is 26.2 Å². The molecule has 6 nitrogen and oxygen atoms in total. The molecule has 18 heavy (non-hydrogen) atoms. The summed E-state index contributed by atoms with van der Waals surface area (Å²) in [5.74, 6) is -1.53. The van der Waals surface area contributed by atoms with Crippen molar-refractivity contribution in [3.63, 3.8) is 0 Å². The van der Waals surface area contributed by atoms with Crippen molar-refractivity contribution in [3.05, 3.63) is 0 Å². The van der Waals surface area contributed by atoms with Gasteiger partial charge in [-0.1, -0.05) is 0 Å². The predicted molar refractivity (Wildman–Crippen MR) is 64.9 cm³/mol. The number of amides is 2. The fraction of sp³-hybridized carbons (Fsp3) is 0.750. The number of hydrogen-bond donors (Lipinski definition) is 1. The van der Waals surface area contributed by atoms with Gasteiger partial charge in [0.2, 0.25) is 11.8 Å². The zero-order valence-electron chi connectivity index (χ0n) is 11.1. The number of rotatable bonds is 2. The highest BCUT2D eigenvalue weighted by atomic mass is 16.4. The van der Waals surface area contributed by atoms with E-state index in [2.05, 4.69) is 0 Å². The molecule has 0 aromatic rings. The van der Waals surface area contributed by atoms with E-state index >= 15 is 0 Å². The molecule has 0 aromatic carbocycles. The van der Waals surface area contributed by atoms with Gasteiger partial charge in [0.25, 0.3) is 0 Å². The Kier molecular flexibility index (Phi) is 4.32. The van der Waals surface area contributed by atoms with Crippen LogP contribution in [0.15, 0.2) is 0 Å². The summed E-state index contributed by atoms with van der Waals surface area (Å²) in [6, 6.07) is 0. The van der Waals surface area contributed by atoms with Gasteiger partial charge in [0.1, 0.15) is 5.41 Å². The highest BCUT2D eigenvalue weighted by Crippen LogP contribution is 2.20. The largest absolute Gasteiger partial charge is 0.480 e. The molecule has 0 bridgehead atoms. The van der Waals surface area contributed by atoms with E-state index in [1.54, 1.807) is 4.90 Å². The Morgan fingerprint density at radius 3 is 2.00 bits per heavy atom. The van der Waals surface area contributed by atoms with Crippen LogP contribution in [0.1, 0.15) is 27.2 Å². The fourth-order valence-corrected chi connectivity index (χ4v) is 1.92. The number of hydrogen-bond acceptors (Lipinski definition) is 3. The van der Waals surface area contributed by atoms with E-state index in [0.29, 0.717) is 32.6 Å². The Bertz CT molecular complexity index is 365. The van der Waals surface area contributed by atoms with Gasteiger partial charge < -0.3 is 14.9 Å². The monoisotopic (exact) mass is 256 g/mol. The molecule has 1 rings (SSSR count). The van der Waals surface area contributed by atoms with Crippen LogP contribution in [0.25, 0.3) is 0 Å². The maximum Gasteiger partial charge on any atom is 0.318 e. The standard InChI is InChI=1S/C12H20N2O4/c1-9(15)13-5-4-6-14(8-7-13)10(16)12(2,3)11(17)18/h4-8H2,1-3H3,(H,17,18). The van der Waals surface area contributed by atoms with Crippen molar-refractivity contribution in [1.29, 1.82) is 0 Å². The van der Waals surface area contributed by atoms with E-state index in [0.717, 1.165) is 0 Å². The molecule has 0 unspecified atom stereocenters. The quantitative estimate of drug-likeness (QED) is 0.715. The zero-order valence-corrected chi connectivity index (χ0v) is 11.1. The maximum atomic E-state index is 12.1. The topological polar surface area (TPSA) is 77.9 Å². The normalized spacial score (nSPS) is 17.3. The number of carboxylic acid groups (broad SMARTS) is 1. The highest BCUT2D eigenvalue weighted by molar-refractivity contribution is 6.01. The lowest BCUT2D eigenvalue weighted by Crippen LogP contribution is -2.46. The molecule has 1 heterocycles. The van der Waals surface area contributed by atoms with Gasteiger partial charge in [-0.05, 0) is 20.3 Å². The van der Waals surface area contributed by atoms with E-state index in [4.69, 9.17) is 5.11 Å². The number of aliphatic carboxylic acids is 1. The third kappa shape index (κ3) is 3.00. The van der Waals surface area contributed by atoms with Crippen LogP contribution >= 0.6 is 0 Å². The average molecular weight is 256 g/mol. The van der Waals surface area contributed by atoms with Crippen molar-refractivity contribution in [3.8, 4) is 0 Å². The van der Waals surface area contributed by atoms with Crippen molar-refractivity contribution in [2.24, 2.45) is 5.41 Å². The second kappa shape index (κ2) is 5.37. The minimum absolute atomic E-state index is 0.0122. The summed E-state index contributed by atoms with van der Waals surface area (Å²) in [7, 11) is 0. The first kappa shape index (κ1) is 14.5. The summed E-state index contributed by atoms with van der Waals surface area (Å²) in [5, 5.41) is 9.04. The van der Waals surface area contributed by atoms with E-state index in [1.165, 1.54) is 25.7 Å². The minimum atomic E-state index is -1.41. The maximum absolute atomic E-state index is 12.1. The summed E-state index contributed by atoms with van der Waals surface area (Å²) >= 11 is 0. The van der Waals surface area contributed by atoms with E-state index in [1.807, 2.05) is 0 Å². The van der Waals surface area contributed by atoms with Crippen LogP contribution in [0.3, 0.4) is 0 Å². The number of carbonyl (C=O) groups is 3. The first-order valence-corrected chi connectivity index (χ1v) is 6.05. The minimum Gasteiger partial charge on any atom is -0.480 e. The third-order valence-electron chi connectivity index (χ3n) is 3.30. The Hall–Kier alpha value is -1.59. The molecule has 0 atom stereocenters. The second-order valence-electron chi connectivity index (χ2n) is 5.08. The van der Waals surface area contributed by atoms with E-state index < -0.39 is 11.4 Å². The molecule has 6 heteroatoms. The van der Waals surface area contributed by atoms with Gasteiger partial charge in [-0.2, -0.15) is 0 Å². The van der Waals surface area contributed by atoms with Gasteiger partial charge >= 0.3 is 5.97 Å². The SMILES string of the molecule is CC(=O)N1CCCN(C(=O)C(C)(C)C(=O)O)CC1. The number of carboxylic acids is 1. The van der Waals surface area contributed by atoms with Crippen molar-refractivity contribution < 1.29 is 19.5 Å². The summed E-state index contributed by atoms with van der Waals surface area (Å²) < 4.78 is 0. The summed E-state index contributed by atoms with van der Waals surface area (Å²) in [4.78, 5) is 37.7. The van der Waals surface area contributed by atoms with Crippen LogP contribution in [-0.4, -0.2) is 58.9 Å². The molecular weight excluding hydrogens is 236 g/mol. The smallest absolute Gasteiger partial charge is 0.318 e. The van der Waals surface area contributed by atoms with Crippen LogP contribution in [0, 0.1) is 5.41 Å². The predicted octanol–water partition coefficient (Wildman–Crippen LogP) is 0.178. The first-order valence-electron chi connectivity index (χ1n) is 6.05. The van der Waals surface area contributed by atoms with Gasteiger partial charge in [-0.25, -0.2) is 0 Å². The lowest BCUT2D eigenvalue weighted by molar-refractivity contribution is -0.158. The van der Waals surface area contributed by atoms with Gasteiger partial charge in [0, 0.05) is 33.1 Å². The lowest BCUT2D eigenvalue weighted by Gasteiger charge is -2.28. The van der Waals surface area contributed by atoms with E-state index in [9.17, 15) is 14.4 Å². The first-order chi connectivity index (χ1) is 8.26. The molecule has 1 aliphatic rings. The third-order valence-corrected chi connectivity index (χ3v) is 3.30. The molecular formula is C12H20N2O4. The van der Waals surface area contributed by atoms with Crippen LogP contribution in [0.4, 0.5) is 0 Å². The molecule has 0 radical (unpaired) electrons. The van der Waals surface area contributed by atoms with Crippen LogP contribution in [-0.2, 0) is 14.4 Å². The summed E-state index contributed by atoms with van der Waals surface area (Å²) in [5.41, 5.74) is -1.41. The number of carbonyl (C=O) groups excluding carboxylic acids is 2. The molecule has 102 valence electrons. The van der Waals surface area contributed by atoms with Gasteiger partial charge in [-0.3, -0.25) is 14.4 Å². The highest BCUT2D eigenvalue weighted by Gasteiger charge is 2.39. The van der Waals surface area contributed by atoms with Gasteiger partial charge in [-0.15, -0.1) is 0 Å². The second-order valence-corrected chi connectivity index (χ2v) is 5.08. The molecule has 0 aromatic heterocycles. The molecule has 1 N–H and O–H groups in total. The molecule has 1 saturated heterocycles. The Morgan fingerprint density at radius 1 is 1.00 bits per heavy atom. The molecule has 0 aliphatic carbocycles. The molecule has 1 fully saturated rings. The molecule has 0 saturated carbocycles. The number of nitrogens with zero attached hydrogens (tertiary/aromatic N) is 2.